The van der Waals surface area contributed by atoms with Crippen molar-refractivity contribution in [2.24, 2.45) is 5.92 Å². The second kappa shape index (κ2) is 9.98. The van der Waals surface area contributed by atoms with E-state index in [4.69, 9.17) is 0 Å². The molecule has 2 aromatic carbocycles. The Labute approximate surface area is 204 Å². The zero-order chi connectivity index (χ0) is 24.5. The van der Waals surface area contributed by atoms with Crippen molar-refractivity contribution < 1.29 is 13.2 Å². The monoisotopic (exact) mass is 483 g/mol. The van der Waals surface area contributed by atoms with Gasteiger partial charge in [-0.3, -0.25) is 9.52 Å². The molecule has 0 aliphatic carbocycles. The van der Waals surface area contributed by atoms with Gasteiger partial charge >= 0.3 is 0 Å². The summed E-state index contributed by atoms with van der Waals surface area (Å²) in [6.45, 7) is 11.2. The van der Waals surface area contributed by atoms with Gasteiger partial charge in [-0.05, 0) is 88.1 Å². The van der Waals surface area contributed by atoms with Crippen LogP contribution in [0.2, 0.25) is 0 Å². The van der Waals surface area contributed by atoms with Gasteiger partial charge in [0.1, 0.15) is 0 Å². The molecular formula is C27H37N3O3S. The first-order chi connectivity index (χ1) is 16.2. The van der Waals surface area contributed by atoms with Gasteiger partial charge in [0.05, 0.1) is 10.5 Å². The third-order valence-corrected chi connectivity index (χ3v) is 8.81. The number of hydrogen-bond donors (Lipinski definition) is 1. The Bertz CT molecular complexity index is 1140. The average Bonchev–Trinajstić information content (AvgIpc) is 2.78. The number of likely N-dealkylation sites (tertiary alicyclic amines) is 1. The molecule has 2 fully saturated rings. The Morgan fingerprint density at radius 1 is 0.912 bits per heavy atom. The van der Waals surface area contributed by atoms with E-state index in [1.54, 1.807) is 12.1 Å². The molecule has 4 rings (SSSR count). The summed E-state index contributed by atoms with van der Waals surface area (Å²) in [5, 5.41) is 0. The molecule has 2 aliphatic heterocycles. The number of hydrogen-bond acceptors (Lipinski definition) is 4. The Kier molecular flexibility index (Phi) is 7.22. The quantitative estimate of drug-likeness (QED) is 0.629. The number of amides is 1. The highest BCUT2D eigenvalue weighted by Crippen LogP contribution is 2.32. The van der Waals surface area contributed by atoms with Crippen LogP contribution in [0.25, 0.3) is 0 Å². The van der Waals surface area contributed by atoms with Crippen LogP contribution < -0.4 is 9.62 Å². The van der Waals surface area contributed by atoms with E-state index in [1.807, 2.05) is 43.9 Å². The van der Waals surface area contributed by atoms with Crippen LogP contribution in [0.15, 0.2) is 35.2 Å². The average molecular weight is 484 g/mol. The van der Waals surface area contributed by atoms with Crippen LogP contribution in [0.3, 0.4) is 0 Å². The zero-order valence-corrected chi connectivity index (χ0v) is 21.7. The molecule has 34 heavy (non-hydrogen) atoms. The molecule has 0 spiro atoms. The van der Waals surface area contributed by atoms with Crippen LogP contribution in [0.4, 0.5) is 11.4 Å². The molecule has 1 N–H and O–H groups in total. The van der Waals surface area contributed by atoms with Gasteiger partial charge in [0.25, 0.3) is 15.9 Å². The van der Waals surface area contributed by atoms with Crippen molar-refractivity contribution in [1.29, 1.82) is 0 Å². The van der Waals surface area contributed by atoms with Crippen molar-refractivity contribution in [3.8, 4) is 0 Å². The standard InChI is InChI=1S/C27H37N3O3S/c1-19-10-14-29(15-11-19)25-9-8-23(18-24(25)27(31)30-12-6-5-7-13-30)28-34(32,33)26-21(3)16-20(2)17-22(26)4/h8-9,16-19,28H,5-7,10-15H2,1-4H3. The molecule has 2 aromatic rings. The van der Waals surface area contributed by atoms with E-state index in [-0.39, 0.29) is 5.91 Å². The van der Waals surface area contributed by atoms with Crippen LogP contribution >= 0.6 is 0 Å². The Hall–Kier alpha value is -2.54. The summed E-state index contributed by atoms with van der Waals surface area (Å²) in [4.78, 5) is 18.1. The molecule has 6 nitrogen and oxygen atoms in total. The summed E-state index contributed by atoms with van der Waals surface area (Å²) >= 11 is 0. The first-order valence-electron chi connectivity index (χ1n) is 12.4. The first kappa shape index (κ1) is 24.6. The molecule has 0 radical (unpaired) electrons. The van der Waals surface area contributed by atoms with E-state index in [0.717, 1.165) is 69.5 Å². The summed E-state index contributed by atoms with van der Waals surface area (Å²) in [6.07, 6.45) is 5.37. The van der Waals surface area contributed by atoms with Crippen LogP contribution in [-0.4, -0.2) is 45.4 Å². The minimum atomic E-state index is -3.79. The molecule has 7 heteroatoms. The van der Waals surface area contributed by atoms with Gasteiger partial charge in [-0.1, -0.05) is 24.6 Å². The highest BCUT2D eigenvalue weighted by molar-refractivity contribution is 7.92. The number of carbonyl (C=O) groups excluding carboxylic acids is 1. The maximum absolute atomic E-state index is 13.6. The molecule has 2 aliphatic rings. The van der Waals surface area contributed by atoms with E-state index < -0.39 is 10.0 Å². The van der Waals surface area contributed by atoms with Gasteiger partial charge in [-0.15, -0.1) is 0 Å². The number of benzene rings is 2. The SMILES string of the molecule is Cc1cc(C)c(S(=O)(=O)Nc2ccc(N3CCC(C)CC3)c(C(=O)N3CCCCC3)c2)c(C)c1. The third-order valence-electron chi connectivity index (χ3n) is 7.12. The molecular weight excluding hydrogens is 446 g/mol. The normalized spacial score (nSPS) is 17.6. The van der Waals surface area contributed by atoms with Crippen molar-refractivity contribution in [2.75, 3.05) is 35.8 Å². The molecule has 184 valence electrons. The Morgan fingerprint density at radius 3 is 2.15 bits per heavy atom. The number of sulfonamides is 1. The third kappa shape index (κ3) is 5.24. The molecule has 0 aromatic heterocycles. The molecule has 0 saturated carbocycles. The molecule has 2 saturated heterocycles. The minimum absolute atomic E-state index is 0.00272. The highest BCUT2D eigenvalue weighted by atomic mass is 32.2. The van der Waals surface area contributed by atoms with Gasteiger partial charge in [-0.2, -0.15) is 0 Å². The van der Waals surface area contributed by atoms with Crippen LogP contribution in [0.5, 0.6) is 0 Å². The van der Waals surface area contributed by atoms with E-state index in [9.17, 15) is 13.2 Å². The Balaban J connectivity index is 1.69. The highest BCUT2D eigenvalue weighted by Gasteiger charge is 2.27. The number of carbonyl (C=O) groups is 1. The predicted octanol–water partition coefficient (Wildman–Crippen LogP) is 5.28. The molecule has 0 atom stereocenters. The summed E-state index contributed by atoms with van der Waals surface area (Å²) < 4.78 is 29.4. The van der Waals surface area contributed by atoms with Gasteiger partial charge < -0.3 is 9.80 Å². The van der Waals surface area contributed by atoms with Gasteiger partial charge in [-0.25, -0.2) is 8.42 Å². The zero-order valence-electron chi connectivity index (χ0n) is 20.9. The fourth-order valence-electron chi connectivity index (χ4n) is 5.36. The molecule has 2 heterocycles. The van der Waals surface area contributed by atoms with Crippen LogP contribution in [-0.2, 0) is 10.0 Å². The van der Waals surface area contributed by atoms with Crippen molar-refractivity contribution in [1.82, 2.24) is 4.90 Å². The van der Waals surface area contributed by atoms with Gasteiger partial charge in [0, 0.05) is 37.6 Å². The molecule has 0 bridgehead atoms. The lowest BCUT2D eigenvalue weighted by Gasteiger charge is -2.35. The van der Waals surface area contributed by atoms with Crippen molar-refractivity contribution in [3.05, 3.63) is 52.6 Å². The van der Waals surface area contributed by atoms with E-state index >= 15 is 0 Å². The number of nitrogens with zero attached hydrogens (tertiary/aromatic N) is 2. The summed E-state index contributed by atoms with van der Waals surface area (Å²) in [5.41, 5.74) is 4.39. The number of piperidine rings is 2. The maximum atomic E-state index is 13.6. The lowest BCUT2D eigenvalue weighted by atomic mass is 9.97. The van der Waals surface area contributed by atoms with Gasteiger partial charge in [0.15, 0.2) is 0 Å². The lowest BCUT2D eigenvalue weighted by Crippen LogP contribution is -2.38. The lowest BCUT2D eigenvalue weighted by molar-refractivity contribution is 0.0725. The smallest absolute Gasteiger partial charge is 0.262 e. The summed E-state index contributed by atoms with van der Waals surface area (Å²) in [7, 11) is -3.79. The fraction of sp³-hybridized carbons (Fsp3) is 0.519. The number of nitrogens with one attached hydrogen (secondary N) is 1. The second-order valence-electron chi connectivity index (χ2n) is 10.1. The van der Waals surface area contributed by atoms with E-state index in [2.05, 4.69) is 16.5 Å². The maximum Gasteiger partial charge on any atom is 0.262 e. The van der Waals surface area contributed by atoms with Crippen molar-refractivity contribution >= 4 is 27.3 Å². The molecule has 0 unspecified atom stereocenters. The van der Waals surface area contributed by atoms with E-state index in [1.165, 1.54) is 0 Å². The number of anilines is 2. The summed E-state index contributed by atoms with van der Waals surface area (Å²) in [6, 6.07) is 9.21. The second-order valence-corrected chi connectivity index (χ2v) is 11.7. The Morgan fingerprint density at radius 2 is 1.53 bits per heavy atom. The number of rotatable bonds is 5. The predicted molar refractivity (Wildman–Crippen MR) is 138 cm³/mol. The first-order valence-corrected chi connectivity index (χ1v) is 13.9. The van der Waals surface area contributed by atoms with Crippen molar-refractivity contribution in [3.63, 3.8) is 0 Å². The fourth-order valence-corrected chi connectivity index (χ4v) is 6.87. The molecule has 1 amide bonds. The largest absolute Gasteiger partial charge is 0.371 e. The summed E-state index contributed by atoms with van der Waals surface area (Å²) in [5.74, 6) is 0.682. The van der Waals surface area contributed by atoms with Gasteiger partial charge in [0.2, 0.25) is 0 Å². The van der Waals surface area contributed by atoms with Crippen molar-refractivity contribution in [2.45, 2.75) is 64.7 Å². The topological polar surface area (TPSA) is 69.7 Å². The van der Waals surface area contributed by atoms with Crippen LogP contribution in [0, 0.1) is 26.7 Å². The number of aryl methyl sites for hydroxylation is 3. The minimum Gasteiger partial charge on any atom is -0.371 e. The van der Waals surface area contributed by atoms with Crippen LogP contribution in [0.1, 0.15) is 66.1 Å². The van der Waals surface area contributed by atoms with E-state index in [0.29, 0.717) is 33.2 Å².